The molecule has 0 spiro atoms. The first-order chi connectivity index (χ1) is 23.7. The van der Waals surface area contributed by atoms with E-state index < -0.39 is 17.3 Å². The highest BCUT2D eigenvalue weighted by atomic mass is 19.1. The summed E-state index contributed by atoms with van der Waals surface area (Å²) in [4.78, 5) is 58.7. The number of amides is 3. The van der Waals surface area contributed by atoms with Crippen LogP contribution in [0.15, 0.2) is 108 Å². The zero-order valence-electron chi connectivity index (χ0n) is 26.8. The number of allylic oxidation sites excluding steroid dienone is 2. The van der Waals surface area contributed by atoms with E-state index in [2.05, 4.69) is 10.3 Å². The van der Waals surface area contributed by atoms with Crippen LogP contribution in [0, 0.1) is 12.7 Å². The minimum absolute atomic E-state index is 0.0187. The van der Waals surface area contributed by atoms with E-state index in [-0.39, 0.29) is 54.7 Å². The van der Waals surface area contributed by atoms with E-state index in [0.29, 0.717) is 33.8 Å². The maximum atomic E-state index is 15.3. The van der Waals surface area contributed by atoms with Crippen LogP contribution in [-0.2, 0) is 16.1 Å². The molecule has 3 aromatic carbocycles. The average Bonchev–Trinajstić information content (AvgIpc) is 3.39. The van der Waals surface area contributed by atoms with Gasteiger partial charge in [-0.2, -0.15) is 0 Å². The van der Waals surface area contributed by atoms with Gasteiger partial charge in [-0.1, -0.05) is 42.5 Å². The zero-order chi connectivity index (χ0) is 34.5. The van der Waals surface area contributed by atoms with Crippen molar-refractivity contribution in [1.82, 2.24) is 19.2 Å². The Bertz CT molecular complexity index is 2160. The number of para-hydroxylation sites is 1. The summed E-state index contributed by atoms with van der Waals surface area (Å²) in [6.07, 6.45) is 8.43. The number of halogens is 1. The van der Waals surface area contributed by atoms with Crippen LogP contribution in [0.25, 0.3) is 16.6 Å². The molecule has 0 aliphatic carbocycles. The number of hydrogen-bond acceptors (Lipinski definition) is 7. The summed E-state index contributed by atoms with van der Waals surface area (Å²) >= 11 is 0. The van der Waals surface area contributed by atoms with Gasteiger partial charge in [-0.25, -0.2) is 9.07 Å². The Balaban J connectivity index is 1.26. The number of hydrogen-bond donors (Lipinski definition) is 1. The number of fused-ring (bicyclic) bond motifs is 1. The Morgan fingerprint density at radius 1 is 0.898 bits per heavy atom. The highest BCUT2D eigenvalue weighted by molar-refractivity contribution is 6.05. The molecular weight excluding hydrogens is 629 g/mol. The van der Waals surface area contributed by atoms with E-state index in [0.717, 1.165) is 11.0 Å². The first-order valence-corrected chi connectivity index (χ1v) is 15.5. The van der Waals surface area contributed by atoms with E-state index in [1.54, 1.807) is 104 Å². The molecule has 3 amide bonds. The number of nitrogens with one attached hydrogen (secondary N) is 1. The molecule has 6 rings (SSSR count). The molecule has 11 nitrogen and oxygen atoms in total. The topological polar surface area (TPSA) is 125 Å². The molecule has 0 radical (unpaired) electrons. The predicted octanol–water partition coefficient (Wildman–Crippen LogP) is 5.95. The summed E-state index contributed by atoms with van der Waals surface area (Å²) in [6.45, 7) is 1.63. The van der Waals surface area contributed by atoms with Gasteiger partial charge >= 0.3 is 0 Å². The number of carbonyl (C=O) groups excluding carboxylic acids is 3. The summed E-state index contributed by atoms with van der Waals surface area (Å²) in [6, 6.07) is 19.5. The van der Waals surface area contributed by atoms with E-state index >= 15 is 4.39 Å². The molecule has 3 heterocycles. The molecule has 1 aliphatic rings. The Labute approximate surface area is 280 Å². The minimum Gasteiger partial charge on any atom is -0.497 e. The summed E-state index contributed by atoms with van der Waals surface area (Å²) in [7, 11) is 1.55. The Kier molecular flexibility index (Phi) is 9.47. The van der Waals surface area contributed by atoms with E-state index in [1.165, 1.54) is 16.8 Å². The van der Waals surface area contributed by atoms with Gasteiger partial charge < -0.3 is 14.8 Å². The van der Waals surface area contributed by atoms with Crippen molar-refractivity contribution >= 4 is 34.3 Å². The number of rotatable bonds is 9. The molecule has 0 bridgehead atoms. The second-order valence-electron chi connectivity index (χ2n) is 11.1. The number of nitrogens with zero attached hydrogens (tertiary/aromatic N) is 4. The standard InChI is InChI=1S/C37H32FN5O6/c1-24-35(36(46)40-25-14-17-32(29(38)22-25)49-31-18-19-39-30-23-27(48-2)15-16-28(30)31)37(47)43(26-10-6-5-7-11-26)42(24)21-20-41-33(44)12-8-3-4-9-13-34(41)45/h3-11,14-19,22-23H,12-13,20-21H2,1-2H3,(H,40,46)/b8-3-,9-4-. The predicted molar refractivity (Wildman–Crippen MR) is 182 cm³/mol. The van der Waals surface area contributed by atoms with Crippen molar-refractivity contribution in [2.24, 2.45) is 0 Å². The fourth-order valence-electron chi connectivity index (χ4n) is 5.59. The maximum absolute atomic E-state index is 15.3. The second kappa shape index (κ2) is 14.2. The average molecular weight is 662 g/mol. The fraction of sp³-hybridized carbons (Fsp3) is 0.162. The fourth-order valence-corrected chi connectivity index (χ4v) is 5.59. The number of anilines is 1. The van der Waals surface area contributed by atoms with Crippen molar-refractivity contribution in [3.63, 3.8) is 0 Å². The SMILES string of the molecule is COc1ccc2c(Oc3ccc(NC(=O)c4c(C)n(CCN5C(=O)C/C=C\C=C/CC5=O)n(-c5ccccc5)c4=O)cc3F)ccnc2c1. The van der Waals surface area contributed by atoms with Crippen LogP contribution in [0.5, 0.6) is 17.2 Å². The van der Waals surface area contributed by atoms with Crippen LogP contribution >= 0.6 is 0 Å². The van der Waals surface area contributed by atoms with E-state index in [1.807, 2.05) is 0 Å². The molecule has 248 valence electrons. The number of carbonyl (C=O) groups is 3. The van der Waals surface area contributed by atoms with Crippen LogP contribution in [0.1, 0.15) is 28.9 Å². The zero-order valence-corrected chi connectivity index (χ0v) is 26.8. The largest absolute Gasteiger partial charge is 0.497 e. The van der Waals surface area contributed by atoms with Gasteiger partial charge in [0.15, 0.2) is 11.6 Å². The number of ether oxygens (including phenoxy) is 2. The number of aromatic nitrogens is 3. The van der Waals surface area contributed by atoms with Gasteiger partial charge in [0.2, 0.25) is 11.8 Å². The quantitative estimate of drug-likeness (QED) is 0.194. The summed E-state index contributed by atoms with van der Waals surface area (Å²) < 4.78 is 29.4. The summed E-state index contributed by atoms with van der Waals surface area (Å²) in [5.74, 6) is -1.31. The van der Waals surface area contributed by atoms with Gasteiger partial charge in [0, 0.05) is 48.8 Å². The van der Waals surface area contributed by atoms with Crippen molar-refractivity contribution in [3.8, 4) is 22.9 Å². The summed E-state index contributed by atoms with van der Waals surface area (Å²) in [5, 5.41) is 3.28. The number of imide groups is 1. The maximum Gasteiger partial charge on any atom is 0.284 e. The third kappa shape index (κ3) is 6.89. The van der Waals surface area contributed by atoms with E-state index in [4.69, 9.17) is 9.47 Å². The van der Waals surface area contributed by atoms with Gasteiger partial charge in [-0.3, -0.25) is 33.7 Å². The smallest absolute Gasteiger partial charge is 0.284 e. The van der Waals surface area contributed by atoms with Crippen LogP contribution in [0.3, 0.4) is 0 Å². The molecule has 0 atom stereocenters. The van der Waals surface area contributed by atoms with E-state index in [9.17, 15) is 19.2 Å². The number of benzene rings is 3. The minimum atomic E-state index is -0.752. The highest BCUT2D eigenvalue weighted by Crippen LogP contribution is 2.33. The molecule has 0 saturated heterocycles. The number of methoxy groups -OCH3 is 1. The third-order valence-corrected chi connectivity index (χ3v) is 8.05. The van der Waals surface area contributed by atoms with Gasteiger partial charge in [0.1, 0.15) is 17.1 Å². The van der Waals surface area contributed by atoms with Crippen molar-refractivity contribution in [2.45, 2.75) is 26.3 Å². The van der Waals surface area contributed by atoms with Gasteiger partial charge in [0.05, 0.1) is 30.6 Å². The third-order valence-electron chi connectivity index (χ3n) is 8.05. The lowest BCUT2D eigenvalue weighted by Gasteiger charge is -2.22. The second-order valence-corrected chi connectivity index (χ2v) is 11.1. The van der Waals surface area contributed by atoms with Crippen molar-refractivity contribution < 1.29 is 28.2 Å². The van der Waals surface area contributed by atoms with Crippen LogP contribution in [0.2, 0.25) is 0 Å². The van der Waals surface area contributed by atoms with Crippen molar-refractivity contribution in [2.75, 3.05) is 19.0 Å². The molecule has 1 aliphatic heterocycles. The molecule has 0 fully saturated rings. The summed E-state index contributed by atoms with van der Waals surface area (Å²) in [5.41, 5.74) is 0.710. The molecule has 0 unspecified atom stereocenters. The lowest BCUT2D eigenvalue weighted by molar-refractivity contribution is -0.144. The Hall–Kier alpha value is -6.30. The van der Waals surface area contributed by atoms with Gasteiger partial charge in [0.25, 0.3) is 11.5 Å². The number of pyridine rings is 1. The molecule has 12 heteroatoms. The van der Waals surface area contributed by atoms with Crippen LogP contribution < -0.4 is 20.3 Å². The lowest BCUT2D eigenvalue weighted by atomic mass is 10.2. The normalized spacial score (nSPS) is 14.6. The first kappa shape index (κ1) is 32.6. The monoisotopic (exact) mass is 661 g/mol. The Morgan fingerprint density at radius 2 is 1.63 bits per heavy atom. The van der Waals surface area contributed by atoms with Gasteiger partial charge in [-0.05, 0) is 49.4 Å². The molecule has 5 aromatic rings. The molecule has 1 N–H and O–H groups in total. The molecule has 0 saturated carbocycles. The first-order valence-electron chi connectivity index (χ1n) is 15.5. The molecule has 2 aromatic heterocycles. The lowest BCUT2D eigenvalue weighted by Crippen LogP contribution is -2.39. The molecular formula is C37H32FN5O6. The van der Waals surface area contributed by atoms with Gasteiger partial charge in [-0.15, -0.1) is 0 Å². The van der Waals surface area contributed by atoms with Crippen molar-refractivity contribution in [3.05, 3.63) is 131 Å². The van der Waals surface area contributed by atoms with Crippen LogP contribution in [-0.4, -0.2) is 50.6 Å². The molecule has 49 heavy (non-hydrogen) atoms. The highest BCUT2D eigenvalue weighted by Gasteiger charge is 2.26. The van der Waals surface area contributed by atoms with Crippen molar-refractivity contribution in [1.29, 1.82) is 0 Å². The van der Waals surface area contributed by atoms with Crippen LogP contribution in [0.4, 0.5) is 10.1 Å². The Morgan fingerprint density at radius 3 is 2.33 bits per heavy atom.